The monoisotopic (exact) mass is 209 g/mol. The number of phenolic OH excluding ortho intramolecular Hbond substituents is 1. The Morgan fingerprint density at radius 2 is 1.93 bits per heavy atom. The number of phenols is 1. The summed E-state index contributed by atoms with van der Waals surface area (Å²) in [6.45, 7) is 6.64. The highest BCUT2D eigenvalue weighted by Crippen LogP contribution is 2.35. The second-order valence-electron chi connectivity index (χ2n) is 4.64. The maximum absolute atomic E-state index is 9.77. The van der Waals surface area contributed by atoms with Crippen LogP contribution in [-0.4, -0.2) is 12.2 Å². The lowest BCUT2D eigenvalue weighted by atomic mass is 9.85. The largest absolute Gasteiger partial charge is 0.504 e. The number of methoxy groups -OCH3 is 1. The molecule has 0 fully saturated rings. The van der Waals surface area contributed by atoms with E-state index in [1.165, 1.54) is 0 Å². The molecule has 0 bridgehead atoms. The zero-order chi connectivity index (χ0) is 11.6. The molecule has 3 nitrogen and oxygen atoms in total. The number of aromatic hydroxyl groups is 1. The summed E-state index contributed by atoms with van der Waals surface area (Å²) in [5.41, 5.74) is 7.42. The third kappa shape index (κ3) is 2.42. The standard InChI is InChI=1S/C12H19NO2/c1-12(2,3)9-5-8(7-13)11(14)10(6-9)15-4/h5-6,14H,7,13H2,1-4H3. The summed E-state index contributed by atoms with van der Waals surface area (Å²) >= 11 is 0. The van der Waals surface area contributed by atoms with Crippen LogP contribution in [-0.2, 0) is 12.0 Å². The molecule has 0 saturated carbocycles. The molecular formula is C12H19NO2. The first-order valence-corrected chi connectivity index (χ1v) is 5.00. The Balaban J connectivity index is 3.33. The third-order valence-electron chi connectivity index (χ3n) is 2.46. The van der Waals surface area contributed by atoms with Crippen LogP contribution in [0.2, 0.25) is 0 Å². The van der Waals surface area contributed by atoms with Crippen LogP contribution >= 0.6 is 0 Å². The zero-order valence-electron chi connectivity index (χ0n) is 9.79. The Morgan fingerprint density at radius 3 is 2.33 bits per heavy atom. The molecule has 1 aromatic rings. The van der Waals surface area contributed by atoms with Crippen molar-refractivity contribution in [1.82, 2.24) is 0 Å². The van der Waals surface area contributed by atoms with Gasteiger partial charge in [0.25, 0.3) is 0 Å². The van der Waals surface area contributed by atoms with E-state index in [0.29, 0.717) is 12.3 Å². The normalized spacial score (nSPS) is 11.5. The predicted molar refractivity (Wildman–Crippen MR) is 61.3 cm³/mol. The number of hydrogen-bond acceptors (Lipinski definition) is 3. The Hall–Kier alpha value is -1.22. The van der Waals surface area contributed by atoms with Gasteiger partial charge in [-0.05, 0) is 17.0 Å². The van der Waals surface area contributed by atoms with Crippen molar-refractivity contribution in [3.63, 3.8) is 0 Å². The summed E-state index contributed by atoms with van der Waals surface area (Å²) in [6.07, 6.45) is 0. The quantitative estimate of drug-likeness (QED) is 0.784. The Labute approximate surface area is 90.9 Å². The van der Waals surface area contributed by atoms with Gasteiger partial charge in [0.2, 0.25) is 0 Å². The first kappa shape index (κ1) is 11.9. The van der Waals surface area contributed by atoms with Crippen LogP contribution in [0.5, 0.6) is 11.5 Å². The summed E-state index contributed by atoms with van der Waals surface area (Å²) in [6, 6.07) is 3.78. The fourth-order valence-electron chi connectivity index (χ4n) is 1.41. The van der Waals surface area contributed by atoms with Gasteiger partial charge in [-0.2, -0.15) is 0 Å². The summed E-state index contributed by atoms with van der Waals surface area (Å²) in [4.78, 5) is 0. The Bertz CT molecular complexity index is 328. The highest BCUT2D eigenvalue weighted by molar-refractivity contribution is 5.49. The Morgan fingerprint density at radius 1 is 1.33 bits per heavy atom. The van der Waals surface area contributed by atoms with Crippen LogP contribution in [0.1, 0.15) is 31.9 Å². The minimum Gasteiger partial charge on any atom is -0.504 e. The lowest BCUT2D eigenvalue weighted by molar-refractivity contribution is 0.369. The molecule has 0 spiro atoms. The van der Waals surface area contributed by atoms with Crippen LogP contribution in [0.4, 0.5) is 0 Å². The Kier molecular flexibility index (Phi) is 3.25. The van der Waals surface area contributed by atoms with Crippen molar-refractivity contribution in [3.8, 4) is 11.5 Å². The maximum atomic E-state index is 9.77. The molecule has 0 saturated heterocycles. The first-order valence-electron chi connectivity index (χ1n) is 5.00. The molecule has 0 heterocycles. The molecule has 0 radical (unpaired) electrons. The van der Waals surface area contributed by atoms with E-state index in [9.17, 15) is 5.11 Å². The summed E-state index contributed by atoms with van der Waals surface area (Å²) < 4.78 is 5.12. The minimum atomic E-state index is 0.0188. The summed E-state index contributed by atoms with van der Waals surface area (Å²) in [7, 11) is 1.54. The third-order valence-corrected chi connectivity index (χ3v) is 2.46. The molecule has 0 aromatic heterocycles. The molecule has 1 aromatic carbocycles. The molecule has 3 heteroatoms. The van der Waals surface area contributed by atoms with Crippen LogP contribution in [0.3, 0.4) is 0 Å². The van der Waals surface area contributed by atoms with Gasteiger partial charge in [0.1, 0.15) is 0 Å². The van der Waals surface area contributed by atoms with E-state index in [1.807, 2.05) is 12.1 Å². The van der Waals surface area contributed by atoms with E-state index in [-0.39, 0.29) is 11.2 Å². The van der Waals surface area contributed by atoms with Crippen molar-refractivity contribution < 1.29 is 9.84 Å². The van der Waals surface area contributed by atoms with Crippen LogP contribution < -0.4 is 10.5 Å². The molecule has 0 aliphatic heterocycles. The van der Waals surface area contributed by atoms with Gasteiger partial charge in [-0.15, -0.1) is 0 Å². The fourth-order valence-corrected chi connectivity index (χ4v) is 1.41. The SMILES string of the molecule is COc1cc(C(C)(C)C)cc(CN)c1O. The minimum absolute atomic E-state index is 0.0188. The fraction of sp³-hybridized carbons (Fsp3) is 0.500. The molecule has 3 N–H and O–H groups in total. The van der Waals surface area contributed by atoms with Crippen molar-refractivity contribution in [2.45, 2.75) is 32.7 Å². The van der Waals surface area contributed by atoms with Crippen LogP contribution in [0.25, 0.3) is 0 Å². The second kappa shape index (κ2) is 4.11. The van der Waals surface area contributed by atoms with Gasteiger partial charge in [-0.25, -0.2) is 0 Å². The van der Waals surface area contributed by atoms with E-state index < -0.39 is 0 Å². The molecule has 84 valence electrons. The van der Waals surface area contributed by atoms with Crippen LogP contribution in [0, 0.1) is 0 Å². The molecule has 0 aliphatic rings. The second-order valence-corrected chi connectivity index (χ2v) is 4.64. The van der Waals surface area contributed by atoms with Gasteiger partial charge < -0.3 is 15.6 Å². The van der Waals surface area contributed by atoms with Gasteiger partial charge in [0, 0.05) is 12.1 Å². The molecular weight excluding hydrogens is 190 g/mol. The molecule has 0 aliphatic carbocycles. The number of hydrogen-bond donors (Lipinski definition) is 2. The molecule has 1 rings (SSSR count). The van der Waals surface area contributed by atoms with E-state index in [4.69, 9.17) is 10.5 Å². The topological polar surface area (TPSA) is 55.5 Å². The number of nitrogens with two attached hydrogens (primary N) is 1. The highest BCUT2D eigenvalue weighted by Gasteiger charge is 2.18. The summed E-state index contributed by atoms with van der Waals surface area (Å²) in [5.74, 6) is 0.635. The number of benzene rings is 1. The average Bonchev–Trinajstić information content (AvgIpc) is 2.16. The molecule has 0 unspecified atom stereocenters. The smallest absolute Gasteiger partial charge is 0.162 e. The van der Waals surface area contributed by atoms with Gasteiger partial charge in [0.05, 0.1) is 7.11 Å². The van der Waals surface area contributed by atoms with Crippen LogP contribution in [0.15, 0.2) is 12.1 Å². The van der Waals surface area contributed by atoms with Crippen molar-refractivity contribution >= 4 is 0 Å². The van der Waals surface area contributed by atoms with Crippen molar-refractivity contribution in [2.75, 3.05) is 7.11 Å². The van der Waals surface area contributed by atoms with E-state index in [2.05, 4.69) is 20.8 Å². The van der Waals surface area contributed by atoms with E-state index in [1.54, 1.807) is 7.11 Å². The first-order chi connectivity index (χ1) is 6.90. The zero-order valence-corrected chi connectivity index (χ0v) is 9.79. The van der Waals surface area contributed by atoms with Gasteiger partial charge in [-0.1, -0.05) is 26.8 Å². The molecule has 0 amide bonds. The lowest BCUT2D eigenvalue weighted by Crippen LogP contribution is -2.12. The molecule has 15 heavy (non-hydrogen) atoms. The number of ether oxygens (including phenoxy) is 1. The van der Waals surface area contributed by atoms with Crippen molar-refractivity contribution in [2.24, 2.45) is 5.73 Å². The predicted octanol–water partition coefficient (Wildman–Crippen LogP) is 2.16. The van der Waals surface area contributed by atoms with Gasteiger partial charge >= 0.3 is 0 Å². The maximum Gasteiger partial charge on any atom is 0.162 e. The average molecular weight is 209 g/mol. The van der Waals surface area contributed by atoms with Crippen molar-refractivity contribution in [1.29, 1.82) is 0 Å². The van der Waals surface area contributed by atoms with Crippen molar-refractivity contribution in [3.05, 3.63) is 23.3 Å². The van der Waals surface area contributed by atoms with E-state index in [0.717, 1.165) is 11.1 Å². The molecule has 0 atom stereocenters. The summed E-state index contributed by atoms with van der Waals surface area (Å²) in [5, 5.41) is 9.77. The van der Waals surface area contributed by atoms with Gasteiger partial charge in [0.15, 0.2) is 11.5 Å². The van der Waals surface area contributed by atoms with Gasteiger partial charge in [-0.3, -0.25) is 0 Å². The number of rotatable bonds is 2. The van der Waals surface area contributed by atoms with E-state index >= 15 is 0 Å². The highest BCUT2D eigenvalue weighted by atomic mass is 16.5. The lowest BCUT2D eigenvalue weighted by Gasteiger charge is -2.21.